The van der Waals surface area contributed by atoms with Crippen molar-refractivity contribution < 1.29 is 9.53 Å². The van der Waals surface area contributed by atoms with Gasteiger partial charge in [0.25, 0.3) is 0 Å². The van der Waals surface area contributed by atoms with E-state index < -0.39 is 0 Å². The van der Waals surface area contributed by atoms with Crippen molar-refractivity contribution in [1.29, 1.82) is 0 Å². The number of para-hydroxylation sites is 1. The second-order valence-corrected chi connectivity index (χ2v) is 6.89. The Hall–Kier alpha value is -2.52. The highest BCUT2D eigenvalue weighted by molar-refractivity contribution is 6.30. The van der Waals surface area contributed by atoms with Crippen LogP contribution in [0.25, 0.3) is 10.9 Å². The topological polar surface area (TPSA) is 31.2 Å². The first-order valence-corrected chi connectivity index (χ1v) is 8.58. The minimum absolute atomic E-state index is 0.0149. The molecule has 3 nitrogen and oxygen atoms in total. The van der Waals surface area contributed by atoms with Gasteiger partial charge in [0.05, 0.1) is 0 Å². The zero-order valence-electron chi connectivity index (χ0n) is 14.3. The zero-order valence-corrected chi connectivity index (χ0v) is 15.1. The average molecular weight is 352 g/mol. The van der Waals surface area contributed by atoms with Crippen LogP contribution in [0.3, 0.4) is 0 Å². The summed E-state index contributed by atoms with van der Waals surface area (Å²) >= 11 is 6.25. The first-order chi connectivity index (χ1) is 12.0. The van der Waals surface area contributed by atoms with E-state index in [0.717, 1.165) is 27.8 Å². The van der Waals surface area contributed by atoms with Gasteiger partial charge < -0.3 is 9.30 Å². The number of benzene rings is 2. The number of carbonyl (C=O) groups is 1. The predicted octanol–water partition coefficient (Wildman–Crippen LogP) is 5.22. The normalized spacial score (nSPS) is 16.7. The smallest absolute Gasteiger partial charge is 0.160 e. The summed E-state index contributed by atoms with van der Waals surface area (Å²) in [6.07, 6.45) is 2.10. The number of aryl methyl sites for hydroxylation is 1. The van der Waals surface area contributed by atoms with Crippen molar-refractivity contribution >= 4 is 28.3 Å². The Morgan fingerprint density at radius 1 is 1.16 bits per heavy atom. The largest absolute Gasteiger partial charge is 0.461 e. The van der Waals surface area contributed by atoms with Crippen molar-refractivity contribution in [3.8, 4) is 5.75 Å². The molecule has 2 heterocycles. The fourth-order valence-electron chi connectivity index (χ4n) is 3.79. The van der Waals surface area contributed by atoms with Crippen molar-refractivity contribution in [2.45, 2.75) is 19.8 Å². The van der Waals surface area contributed by atoms with Crippen molar-refractivity contribution in [1.82, 2.24) is 4.57 Å². The van der Waals surface area contributed by atoms with Crippen LogP contribution < -0.4 is 4.74 Å². The van der Waals surface area contributed by atoms with Crippen LogP contribution in [0.1, 0.15) is 30.9 Å². The van der Waals surface area contributed by atoms with E-state index in [1.54, 1.807) is 6.92 Å². The van der Waals surface area contributed by atoms with E-state index in [9.17, 15) is 4.79 Å². The minimum Gasteiger partial charge on any atom is -0.461 e. The van der Waals surface area contributed by atoms with E-state index in [1.165, 1.54) is 0 Å². The Balaban J connectivity index is 2.06. The van der Waals surface area contributed by atoms with Gasteiger partial charge in [0.2, 0.25) is 0 Å². The van der Waals surface area contributed by atoms with Gasteiger partial charge in [0.15, 0.2) is 5.78 Å². The maximum absolute atomic E-state index is 12.5. The van der Waals surface area contributed by atoms with Gasteiger partial charge in [0, 0.05) is 46.2 Å². The quantitative estimate of drug-likeness (QED) is 0.634. The second kappa shape index (κ2) is 5.78. The number of aromatic nitrogens is 1. The molecule has 0 N–H and O–H groups in total. The molecular formula is C21H18ClNO2. The van der Waals surface area contributed by atoms with Gasteiger partial charge in [-0.2, -0.15) is 0 Å². The van der Waals surface area contributed by atoms with Crippen LogP contribution >= 0.6 is 11.6 Å². The van der Waals surface area contributed by atoms with Crippen molar-refractivity contribution in [2.75, 3.05) is 0 Å². The number of nitrogens with zero attached hydrogens (tertiary/aromatic N) is 1. The van der Waals surface area contributed by atoms with E-state index in [2.05, 4.69) is 22.9 Å². The molecule has 0 aliphatic carbocycles. The SMILES string of the molecule is CC(=O)C1=C(C)Oc2ccc(Cl)cc2C1c1cn(C)c2ccccc12. The molecule has 1 aliphatic rings. The van der Waals surface area contributed by atoms with Crippen LogP contribution in [0.2, 0.25) is 5.02 Å². The van der Waals surface area contributed by atoms with E-state index in [0.29, 0.717) is 16.4 Å². The lowest BCUT2D eigenvalue weighted by atomic mass is 9.80. The molecule has 4 rings (SSSR count). The zero-order chi connectivity index (χ0) is 17.7. The van der Waals surface area contributed by atoms with Crippen molar-refractivity contribution in [2.24, 2.45) is 7.05 Å². The molecule has 1 atom stereocenters. The molecule has 25 heavy (non-hydrogen) atoms. The number of hydrogen-bond donors (Lipinski definition) is 0. The highest BCUT2D eigenvalue weighted by atomic mass is 35.5. The van der Waals surface area contributed by atoms with Gasteiger partial charge in [-0.25, -0.2) is 0 Å². The molecule has 0 amide bonds. The summed E-state index contributed by atoms with van der Waals surface area (Å²) in [5, 5.41) is 1.77. The molecule has 1 aromatic heterocycles. The lowest BCUT2D eigenvalue weighted by Crippen LogP contribution is -2.20. The Morgan fingerprint density at radius 3 is 2.68 bits per heavy atom. The lowest BCUT2D eigenvalue weighted by Gasteiger charge is -2.28. The molecule has 3 aromatic rings. The van der Waals surface area contributed by atoms with E-state index >= 15 is 0 Å². The van der Waals surface area contributed by atoms with E-state index in [1.807, 2.05) is 44.3 Å². The third-order valence-electron chi connectivity index (χ3n) is 4.83. The molecule has 0 bridgehead atoms. The number of fused-ring (bicyclic) bond motifs is 2. The number of halogens is 1. The molecule has 2 aromatic carbocycles. The summed E-state index contributed by atoms with van der Waals surface area (Å²) in [6.45, 7) is 3.45. The lowest BCUT2D eigenvalue weighted by molar-refractivity contribution is -0.114. The Morgan fingerprint density at radius 2 is 1.92 bits per heavy atom. The first kappa shape index (κ1) is 16.0. The molecule has 1 aliphatic heterocycles. The van der Waals surface area contributed by atoms with Crippen molar-refractivity contribution in [3.63, 3.8) is 0 Å². The minimum atomic E-state index is -0.189. The van der Waals surface area contributed by atoms with Crippen LogP contribution in [-0.4, -0.2) is 10.4 Å². The number of ketones is 1. The van der Waals surface area contributed by atoms with Crippen LogP contribution in [0.15, 0.2) is 60.0 Å². The number of allylic oxidation sites excluding steroid dienone is 2. The van der Waals surface area contributed by atoms with Gasteiger partial charge in [-0.05, 0) is 43.7 Å². The highest BCUT2D eigenvalue weighted by Gasteiger charge is 2.33. The van der Waals surface area contributed by atoms with Crippen molar-refractivity contribution in [3.05, 3.63) is 76.1 Å². The Bertz CT molecular complexity index is 1050. The fourth-order valence-corrected chi connectivity index (χ4v) is 3.97. The molecule has 4 heteroatoms. The van der Waals surface area contributed by atoms with E-state index in [4.69, 9.17) is 16.3 Å². The van der Waals surface area contributed by atoms with Gasteiger partial charge >= 0.3 is 0 Å². The monoisotopic (exact) mass is 351 g/mol. The van der Waals surface area contributed by atoms with Crippen LogP contribution in [0.5, 0.6) is 5.75 Å². The van der Waals surface area contributed by atoms with E-state index in [-0.39, 0.29) is 11.7 Å². The maximum Gasteiger partial charge on any atom is 0.160 e. The first-order valence-electron chi connectivity index (χ1n) is 8.20. The summed E-state index contributed by atoms with van der Waals surface area (Å²) < 4.78 is 8.02. The van der Waals surface area contributed by atoms with Gasteiger partial charge in [0.1, 0.15) is 11.5 Å². The Labute approximate surface area is 151 Å². The summed E-state index contributed by atoms with van der Waals surface area (Å²) in [5.74, 6) is 1.23. The number of carbonyl (C=O) groups excluding carboxylic acids is 1. The third kappa shape index (κ3) is 2.47. The van der Waals surface area contributed by atoms with Gasteiger partial charge in [-0.1, -0.05) is 29.8 Å². The number of rotatable bonds is 2. The molecule has 0 spiro atoms. The summed E-state index contributed by atoms with van der Waals surface area (Å²) in [5.41, 5.74) is 3.84. The maximum atomic E-state index is 12.5. The molecule has 126 valence electrons. The highest BCUT2D eigenvalue weighted by Crippen LogP contribution is 2.46. The number of Topliss-reactive ketones (excluding diaryl/α,β-unsaturated/α-hetero) is 1. The third-order valence-corrected chi connectivity index (χ3v) is 5.07. The molecule has 0 saturated carbocycles. The van der Waals surface area contributed by atoms with Gasteiger partial charge in [-0.15, -0.1) is 0 Å². The summed E-state index contributed by atoms with van der Waals surface area (Å²) in [7, 11) is 2.02. The molecular weight excluding hydrogens is 334 g/mol. The van der Waals surface area contributed by atoms with Crippen LogP contribution in [-0.2, 0) is 11.8 Å². The molecule has 1 unspecified atom stereocenters. The molecule has 0 saturated heterocycles. The second-order valence-electron chi connectivity index (χ2n) is 6.46. The summed E-state index contributed by atoms with van der Waals surface area (Å²) in [4.78, 5) is 12.5. The number of hydrogen-bond acceptors (Lipinski definition) is 2. The molecule has 0 radical (unpaired) electrons. The summed E-state index contributed by atoms with van der Waals surface area (Å²) in [6, 6.07) is 13.8. The fraction of sp³-hybridized carbons (Fsp3) is 0.190. The molecule has 0 fully saturated rings. The van der Waals surface area contributed by atoms with Gasteiger partial charge in [-0.3, -0.25) is 4.79 Å². The Kier molecular flexibility index (Phi) is 3.69. The number of ether oxygens (including phenoxy) is 1. The van der Waals surface area contributed by atoms with Crippen LogP contribution in [0.4, 0.5) is 0 Å². The van der Waals surface area contributed by atoms with Crippen LogP contribution in [0, 0.1) is 0 Å². The predicted molar refractivity (Wildman–Crippen MR) is 100 cm³/mol. The standard InChI is InChI=1S/C21H18ClNO2/c1-12(24)20-13(2)25-19-9-8-14(22)10-16(19)21(20)17-11-23(3)18-7-5-4-6-15(17)18/h4-11,21H,1-3H3. The average Bonchev–Trinajstić information content (AvgIpc) is 2.91.